The lowest BCUT2D eigenvalue weighted by Crippen LogP contribution is -2.10. The molecule has 0 bridgehead atoms. The molecule has 1 aromatic carbocycles. The molecule has 0 aliphatic heterocycles. The van der Waals surface area contributed by atoms with E-state index in [9.17, 15) is 4.79 Å². The largest absolute Gasteiger partial charge is 0.494 e. The minimum atomic E-state index is 0.0365. The summed E-state index contributed by atoms with van der Waals surface area (Å²) in [5.74, 6) is 1.03. The van der Waals surface area contributed by atoms with Crippen LogP contribution in [0.25, 0.3) is 0 Å². The van der Waals surface area contributed by atoms with Crippen LogP contribution in [0.2, 0.25) is 0 Å². The number of carbonyl (C=O) groups is 1. The van der Waals surface area contributed by atoms with E-state index in [2.05, 4.69) is 4.72 Å². The molecule has 0 heterocycles. The van der Waals surface area contributed by atoms with Crippen molar-refractivity contribution < 1.29 is 9.53 Å². The third kappa shape index (κ3) is 5.10. The molecule has 0 radical (unpaired) electrons. The molecule has 0 aromatic heterocycles. The quantitative estimate of drug-likeness (QED) is 0.446. The summed E-state index contributed by atoms with van der Waals surface area (Å²) in [6.07, 6.45) is 2.97. The van der Waals surface area contributed by atoms with E-state index >= 15 is 0 Å². The first-order valence-corrected chi connectivity index (χ1v) is 7.40. The van der Waals surface area contributed by atoms with E-state index in [4.69, 9.17) is 4.74 Å². The summed E-state index contributed by atoms with van der Waals surface area (Å²) in [5.41, 5.74) is 0.751. The lowest BCUT2D eigenvalue weighted by Gasteiger charge is -2.08. The lowest BCUT2D eigenvalue weighted by molar-refractivity contribution is 0.0939. The molecule has 4 heteroatoms. The summed E-state index contributed by atoms with van der Waals surface area (Å²) in [4.78, 5) is 11.7. The van der Waals surface area contributed by atoms with Crippen LogP contribution in [0.3, 0.4) is 0 Å². The van der Waals surface area contributed by atoms with Gasteiger partial charge in [0.05, 0.1) is 6.61 Å². The molecule has 1 rings (SSSR count). The van der Waals surface area contributed by atoms with Crippen molar-refractivity contribution in [2.45, 2.75) is 20.3 Å². The number of hydrogen-bond donors (Lipinski definition) is 1. The van der Waals surface area contributed by atoms with Crippen LogP contribution in [0.15, 0.2) is 24.3 Å². The Hall–Kier alpha value is -1.00. The molecule has 18 heavy (non-hydrogen) atoms. The molecule has 100 valence electrons. The zero-order valence-electron chi connectivity index (χ0n) is 11.2. The van der Waals surface area contributed by atoms with E-state index in [1.165, 1.54) is 0 Å². The first-order valence-electron chi connectivity index (χ1n) is 6.18. The van der Waals surface area contributed by atoms with Gasteiger partial charge in [0, 0.05) is 18.0 Å². The molecule has 0 unspecified atom stereocenters. The summed E-state index contributed by atoms with van der Waals surface area (Å²) in [5, 5.41) is 0. The molecule has 3 nitrogen and oxygen atoms in total. The van der Waals surface area contributed by atoms with Gasteiger partial charge in [-0.1, -0.05) is 25.8 Å². The number of ketones is 1. The maximum atomic E-state index is 11.7. The summed E-state index contributed by atoms with van der Waals surface area (Å²) in [7, 11) is 0. The van der Waals surface area contributed by atoms with E-state index in [0.29, 0.717) is 6.61 Å². The highest BCUT2D eigenvalue weighted by Gasteiger charge is 2.09. The minimum absolute atomic E-state index is 0.0365. The highest BCUT2D eigenvalue weighted by Crippen LogP contribution is 2.15. The van der Waals surface area contributed by atoms with Crippen molar-refractivity contribution in [3.63, 3.8) is 0 Å². The van der Waals surface area contributed by atoms with Crippen molar-refractivity contribution in [1.29, 1.82) is 0 Å². The van der Waals surface area contributed by atoms with Gasteiger partial charge in [-0.25, -0.2) is 0 Å². The predicted octanol–water partition coefficient (Wildman–Crippen LogP) is 3.16. The van der Waals surface area contributed by atoms with Crippen molar-refractivity contribution in [2.75, 3.05) is 19.4 Å². The zero-order chi connectivity index (χ0) is 13.4. The normalized spacial score (nSPS) is 10.7. The molecule has 0 amide bonds. The molecule has 0 aliphatic rings. The number of nitrogens with one attached hydrogen (secondary N) is 1. The second kappa shape index (κ2) is 8.16. The Morgan fingerprint density at radius 2 is 2.00 bits per heavy atom. The Morgan fingerprint density at radius 1 is 1.33 bits per heavy atom. The summed E-state index contributed by atoms with van der Waals surface area (Å²) in [6, 6.07) is 7.38. The monoisotopic (exact) mass is 267 g/mol. The average Bonchev–Trinajstić information content (AvgIpc) is 2.38. The minimum Gasteiger partial charge on any atom is -0.494 e. The van der Waals surface area contributed by atoms with Crippen molar-refractivity contribution in [3.05, 3.63) is 29.8 Å². The zero-order valence-corrected chi connectivity index (χ0v) is 12.0. The standard InChI is InChI=1S/C14H21NO2S/c1-11(2)14(16)12-5-7-13(8-6-12)17-10-4-9-15-18-3/h5-8,11,15H,4,9-10H2,1-3H3. The molecule has 0 saturated heterocycles. The Balaban J connectivity index is 2.38. The van der Waals surface area contributed by atoms with Crippen LogP contribution in [-0.2, 0) is 0 Å². The van der Waals surface area contributed by atoms with Gasteiger partial charge in [-0.05, 0) is 36.9 Å². The van der Waals surface area contributed by atoms with Gasteiger partial charge in [0.15, 0.2) is 5.78 Å². The smallest absolute Gasteiger partial charge is 0.165 e. The van der Waals surface area contributed by atoms with Gasteiger partial charge < -0.3 is 4.74 Å². The van der Waals surface area contributed by atoms with Crippen molar-refractivity contribution in [2.24, 2.45) is 5.92 Å². The van der Waals surface area contributed by atoms with Gasteiger partial charge in [-0.3, -0.25) is 9.52 Å². The van der Waals surface area contributed by atoms with Gasteiger partial charge in [0.1, 0.15) is 5.75 Å². The van der Waals surface area contributed by atoms with E-state index in [-0.39, 0.29) is 11.7 Å². The first-order chi connectivity index (χ1) is 8.65. The highest BCUT2D eigenvalue weighted by atomic mass is 32.2. The number of rotatable bonds is 8. The van der Waals surface area contributed by atoms with Crippen molar-refractivity contribution in [3.8, 4) is 5.75 Å². The number of carbonyl (C=O) groups excluding carboxylic acids is 1. The fourth-order valence-electron chi connectivity index (χ4n) is 1.49. The van der Waals surface area contributed by atoms with Crippen LogP contribution in [0.1, 0.15) is 30.6 Å². The third-order valence-corrected chi connectivity index (χ3v) is 2.99. The van der Waals surface area contributed by atoms with Gasteiger partial charge in [0.2, 0.25) is 0 Å². The van der Waals surface area contributed by atoms with E-state index in [0.717, 1.165) is 24.3 Å². The molecule has 0 saturated carbocycles. The van der Waals surface area contributed by atoms with Crippen LogP contribution >= 0.6 is 11.9 Å². The van der Waals surface area contributed by atoms with Gasteiger partial charge in [-0.15, -0.1) is 0 Å². The van der Waals surface area contributed by atoms with Crippen LogP contribution in [-0.4, -0.2) is 25.2 Å². The molecule has 0 aliphatic carbocycles. The summed E-state index contributed by atoms with van der Waals surface area (Å²) >= 11 is 1.61. The maximum Gasteiger partial charge on any atom is 0.165 e. The highest BCUT2D eigenvalue weighted by molar-refractivity contribution is 7.96. The Bertz CT molecular complexity index is 363. The molecule has 0 atom stereocenters. The fraction of sp³-hybridized carbons (Fsp3) is 0.500. The Kier molecular flexibility index (Phi) is 6.83. The number of Topliss-reactive ketones (excluding diaryl/α,β-unsaturated/α-hetero) is 1. The lowest BCUT2D eigenvalue weighted by atomic mass is 10.0. The Labute approximate surface area is 113 Å². The molecular formula is C14H21NO2S. The second-order valence-corrected chi connectivity index (χ2v) is 5.04. The van der Waals surface area contributed by atoms with Crippen LogP contribution < -0.4 is 9.46 Å². The van der Waals surface area contributed by atoms with E-state index in [1.807, 2.05) is 44.4 Å². The van der Waals surface area contributed by atoms with Crippen LogP contribution in [0.5, 0.6) is 5.75 Å². The number of ether oxygens (including phenoxy) is 1. The summed E-state index contributed by atoms with van der Waals surface area (Å²) in [6.45, 7) is 5.44. The van der Waals surface area contributed by atoms with Gasteiger partial charge in [0.25, 0.3) is 0 Å². The topological polar surface area (TPSA) is 38.3 Å². The van der Waals surface area contributed by atoms with Gasteiger partial charge >= 0.3 is 0 Å². The molecule has 1 aromatic rings. The van der Waals surface area contributed by atoms with E-state index < -0.39 is 0 Å². The predicted molar refractivity (Wildman–Crippen MR) is 77.2 cm³/mol. The molecule has 0 fully saturated rings. The van der Waals surface area contributed by atoms with Gasteiger partial charge in [-0.2, -0.15) is 0 Å². The van der Waals surface area contributed by atoms with Crippen molar-refractivity contribution >= 4 is 17.7 Å². The number of benzene rings is 1. The molecule has 1 N–H and O–H groups in total. The SMILES string of the molecule is CSNCCCOc1ccc(C(=O)C(C)C)cc1. The molecular weight excluding hydrogens is 246 g/mol. The van der Waals surface area contributed by atoms with Crippen LogP contribution in [0.4, 0.5) is 0 Å². The Morgan fingerprint density at radius 3 is 2.56 bits per heavy atom. The van der Waals surface area contributed by atoms with Crippen molar-refractivity contribution in [1.82, 2.24) is 4.72 Å². The average molecular weight is 267 g/mol. The van der Waals surface area contributed by atoms with E-state index in [1.54, 1.807) is 11.9 Å². The molecule has 0 spiro atoms. The number of hydrogen-bond acceptors (Lipinski definition) is 4. The first kappa shape index (κ1) is 15.1. The second-order valence-electron chi connectivity index (χ2n) is 4.34. The maximum absolute atomic E-state index is 11.7. The summed E-state index contributed by atoms with van der Waals surface area (Å²) < 4.78 is 8.75. The fourth-order valence-corrected chi connectivity index (χ4v) is 1.83. The van der Waals surface area contributed by atoms with Crippen LogP contribution in [0, 0.1) is 5.92 Å². The third-order valence-electron chi connectivity index (χ3n) is 2.50.